The van der Waals surface area contributed by atoms with Crippen LogP contribution in [-0.4, -0.2) is 15.9 Å². The fourth-order valence-corrected chi connectivity index (χ4v) is 1.80. The van der Waals surface area contributed by atoms with Gasteiger partial charge >= 0.3 is 0 Å². The van der Waals surface area contributed by atoms with Crippen molar-refractivity contribution in [3.63, 3.8) is 0 Å². The Bertz CT molecular complexity index is 589. The summed E-state index contributed by atoms with van der Waals surface area (Å²) < 4.78 is 0.825. The van der Waals surface area contributed by atoms with Crippen molar-refractivity contribution in [1.29, 1.82) is 0 Å². The van der Waals surface area contributed by atoms with Crippen molar-refractivity contribution in [2.75, 3.05) is 5.32 Å². The Morgan fingerprint density at radius 2 is 2.00 bits per heavy atom. The number of hydrogen-bond acceptors (Lipinski definition) is 3. The number of aromatic nitrogens is 2. The zero-order chi connectivity index (χ0) is 13.1. The molecule has 0 aliphatic carbocycles. The molecule has 0 saturated carbocycles. The average molecular weight is 347 g/mol. The highest BCUT2D eigenvalue weighted by Crippen LogP contribution is 2.19. The molecule has 0 unspecified atom stereocenters. The van der Waals surface area contributed by atoms with Crippen LogP contribution in [0, 0.1) is 0 Å². The number of halogens is 3. The molecule has 92 valence electrons. The predicted octanol–water partition coefficient (Wildman–Crippen LogP) is 3.80. The van der Waals surface area contributed by atoms with Crippen LogP contribution in [0.4, 0.5) is 5.82 Å². The molecule has 18 heavy (non-hydrogen) atoms. The highest BCUT2D eigenvalue weighted by molar-refractivity contribution is 9.10. The standard InChI is InChI=1S/C11H6BrCl2N3O/c12-6-1-2-10(16-4-6)17-11(18)7-3-9(14)15-5-8(7)13/h1-5H,(H,16,17,18). The summed E-state index contributed by atoms with van der Waals surface area (Å²) in [5, 5.41) is 3.04. The second-order valence-corrected chi connectivity index (χ2v) is 5.01. The van der Waals surface area contributed by atoms with Crippen molar-refractivity contribution >= 4 is 50.9 Å². The van der Waals surface area contributed by atoms with Crippen molar-refractivity contribution in [3.8, 4) is 0 Å². The van der Waals surface area contributed by atoms with E-state index in [1.807, 2.05) is 0 Å². The van der Waals surface area contributed by atoms with Crippen LogP contribution in [0.5, 0.6) is 0 Å². The summed E-state index contributed by atoms with van der Waals surface area (Å²) in [5.41, 5.74) is 0.251. The fourth-order valence-electron chi connectivity index (χ4n) is 1.22. The molecule has 1 N–H and O–H groups in total. The first-order valence-electron chi connectivity index (χ1n) is 4.80. The van der Waals surface area contributed by atoms with E-state index in [9.17, 15) is 4.79 Å². The predicted molar refractivity (Wildman–Crippen MR) is 74.1 cm³/mol. The molecular formula is C11H6BrCl2N3O. The fraction of sp³-hybridized carbons (Fsp3) is 0. The highest BCUT2D eigenvalue weighted by atomic mass is 79.9. The third-order valence-corrected chi connectivity index (χ3v) is 3.01. The minimum atomic E-state index is -0.390. The molecule has 0 atom stereocenters. The van der Waals surface area contributed by atoms with E-state index < -0.39 is 0 Å². The zero-order valence-corrected chi connectivity index (χ0v) is 11.9. The smallest absolute Gasteiger partial charge is 0.258 e. The summed E-state index contributed by atoms with van der Waals surface area (Å²) in [6, 6.07) is 4.83. The molecule has 2 aromatic rings. The van der Waals surface area contributed by atoms with Crippen molar-refractivity contribution in [1.82, 2.24) is 9.97 Å². The second-order valence-electron chi connectivity index (χ2n) is 3.30. The number of rotatable bonds is 2. The van der Waals surface area contributed by atoms with Crippen molar-refractivity contribution in [2.45, 2.75) is 0 Å². The minimum Gasteiger partial charge on any atom is -0.307 e. The van der Waals surface area contributed by atoms with Gasteiger partial charge in [0.25, 0.3) is 5.91 Å². The Kier molecular flexibility index (Phi) is 4.16. The van der Waals surface area contributed by atoms with Crippen molar-refractivity contribution in [2.24, 2.45) is 0 Å². The van der Waals surface area contributed by atoms with Crippen molar-refractivity contribution < 1.29 is 4.79 Å². The van der Waals surface area contributed by atoms with Gasteiger partial charge in [0.15, 0.2) is 0 Å². The van der Waals surface area contributed by atoms with Gasteiger partial charge in [-0.15, -0.1) is 0 Å². The van der Waals surface area contributed by atoms with E-state index in [-0.39, 0.29) is 21.6 Å². The van der Waals surface area contributed by atoms with Crippen LogP contribution in [0.2, 0.25) is 10.2 Å². The van der Waals surface area contributed by atoms with Gasteiger partial charge in [-0.25, -0.2) is 9.97 Å². The Labute approximate surface area is 121 Å². The van der Waals surface area contributed by atoms with Gasteiger partial charge in [0.2, 0.25) is 0 Å². The first kappa shape index (κ1) is 13.3. The van der Waals surface area contributed by atoms with Crippen LogP contribution >= 0.6 is 39.1 Å². The van der Waals surface area contributed by atoms with E-state index in [0.29, 0.717) is 5.82 Å². The topological polar surface area (TPSA) is 54.9 Å². The van der Waals surface area contributed by atoms with Crippen molar-refractivity contribution in [3.05, 3.63) is 50.8 Å². The molecule has 7 heteroatoms. The highest BCUT2D eigenvalue weighted by Gasteiger charge is 2.12. The summed E-state index contributed by atoms with van der Waals surface area (Å²) in [4.78, 5) is 19.7. The van der Waals surface area contributed by atoms with Crippen LogP contribution in [0.25, 0.3) is 0 Å². The van der Waals surface area contributed by atoms with Gasteiger partial charge in [-0.1, -0.05) is 23.2 Å². The summed E-state index contributed by atoms with van der Waals surface area (Å²) in [7, 11) is 0. The third-order valence-electron chi connectivity index (χ3n) is 2.04. The molecule has 0 aliphatic rings. The van der Waals surface area contributed by atoms with E-state index in [0.717, 1.165) is 4.47 Å². The SMILES string of the molecule is O=C(Nc1ccc(Br)cn1)c1cc(Cl)ncc1Cl. The normalized spacial score (nSPS) is 10.2. The number of carbonyl (C=O) groups excluding carboxylic acids is 1. The molecule has 0 aliphatic heterocycles. The van der Waals surface area contributed by atoms with Gasteiger partial charge in [0, 0.05) is 16.9 Å². The molecule has 2 rings (SSSR count). The first-order valence-corrected chi connectivity index (χ1v) is 6.35. The monoisotopic (exact) mass is 345 g/mol. The number of carbonyl (C=O) groups is 1. The maximum absolute atomic E-state index is 11.9. The van der Waals surface area contributed by atoms with E-state index in [1.54, 1.807) is 18.3 Å². The second kappa shape index (κ2) is 5.65. The molecule has 0 fully saturated rings. The number of nitrogens with zero attached hydrogens (tertiary/aromatic N) is 2. The van der Waals surface area contributed by atoms with Gasteiger partial charge in [0.1, 0.15) is 11.0 Å². The van der Waals surface area contributed by atoms with Gasteiger partial charge in [-0.05, 0) is 34.1 Å². The van der Waals surface area contributed by atoms with Gasteiger partial charge < -0.3 is 5.32 Å². The van der Waals surface area contributed by atoms with Gasteiger partial charge in [-0.2, -0.15) is 0 Å². The average Bonchev–Trinajstić information content (AvgIpc) is 2.35. The molecule has 0 bridgehead atoms. The van der Waals surface area contributed by atoms with Crippen LogP contribution < -0.4 is 5.32 Å². The van der Waals surface area contributed by atoms with Crippen LogP contribution in [0.1, 0.15) is 10.4 Å². The van der Waals surface area contributed by atoms with Gasteiger partial charge in [-0.3, -0.25) is 4.79 Å². The summed E-state index contributed by atoms with van der Waals surface area (Å²) in [6.45, 7) is 0. The maximum Gasteiger partial charge on any atom is 0.258 e. The Hall–Kier alpha value is -1.17. The lowest BCUT2D eigenvalue weighted by Crippen LogP contribution is -2.13. The maximum atomic E-state index is 11.9. The lowest BCUT2D eigenvalue weighted by molar-refractivity contribution is 0.102. The molecule has 2 heterocycles. The zero-order valence-electron chi connectivity index (χ0n) is 8.82. The van der Waals surface area contributed by atoms with Gasteiger partial charge in [0.05, 0.1) is 10.6 Å². The van der Waals surface area contributed by atoms with Crippen LogP contribution in [-0.2, 0) is 0 Å². The Morgan fingerprint density at radius 1 is 1.22 bits per heavy atom. The number of anilines is 1. The largest absolute Gasteiger partial charge is 0.307 e. The number of hydrogen-bond donors (Lipinski definition) is 1. The first-order chi connectivity index (χ1) is 8.56. The Balaban J connectivity index is 2.21. The molecule has 0 aromatic carbocycles. The van der Waals surface area contributed by atoms with E-state index in [1.165, 1.54) is 12.3 Å². The van der Waals surface area contributed by atoms with E-state index in [2.05, 4.69) is 31.2 Å². The van der Waals surface area contributed by atoms with E-state index in [4.69, 9.17) is 23.2 Å². The molecule has 0 spiro atoms. The summed E-state index contributed by atoms with van der Waals surface area (Å²) >= 11 is 14.8. The van der Waals surface area contributed by atoms with Crippen LogP contribution in [0.15, 0.2) is 35.1 Å². The number of pyridine rings is 2. The molecule has 1 amide bonds. The third kappa shape index (κ3) is 3.19. The molecular weight excluding hydrogens is 341 g/mol. The van der Waals surface area contributed by atoms with Crippen LogP contribution in [0.3, 0.4) is 0 Å². The lowest BCUT2D eigenvalue weighted by atomic mass is 10.2. The molecule has 0 radical (unpaired) electrons. The summed E-state index contributed by atoms with van der Waals surface area (Å²) in [6.07, 6.45) is 2.91. The number of amides is 1. The molecule has 2 aromatic heterocycles. The summed E-state index contributed by atoms with van der Waals surface area (Å²) in [5.74, 6) is 0.0336. The number of nitrogens with one attached hydrogen (secondary N) is 1. The van der Waals surface area contributed by atoms with E-state index >= 15 is 0 Å². The lowest BCUT2D eigenvalue weighted by Gasteiger charge is -2.06. The molecule has 0 saturated heterocycles. The minimum absolute atomic E-state index is 0.202. The molecule has 4 nitrogen and oxygen atoms in total. The quantitative estimate of drug-likeness (QED) is 0.841. The Morgan fingerprint density at radius 3 is 2.67 bits per heavy atom.